The van der Waals surface area contributed by atoms with Gasteiger partial charge < -0.3 is 4.98 Å². The van der Waals surface area contributed by atoms with E-state index in [4.69, 9.17) is 0 Å². The van der Waals surface area contributed by atoms with Gasteiger partial charge in [0, 0.05) is 17.9 Å². The largest absolute Gasteiger partial charge is 0.364 e. The smallest absolute Gasteiger partial charge is 0.0516 e. The normalized spacial score (nSPS) is 34.7. The van der Waals surface area contributed by atoms with Crippen LogP contribution in [0, 0.1) is 0 Å². The summed E-state index contributed by atoms with van der Waals surface area (Å²) in [5.74, 6) is 0. The van der Waals surface area contributed by atoms with Gasteiger partial charge in [0.05, 0.1) is 6.04 Å². The van der Waals surface area contributed by atoms with E-state index in [1.807, 2.05) is 6.20 Å². The molecule has 1 aromatic rings. The Bertz CT molecular complexity index is 265. The van der Waals surface area contributed by atoms with E-state index >= 15 is 0 Å². The van der Waals surface area contributed by atoms with E-state index in [0.717, 1.165) is 6.04 Å². The van der Waals surface area contributed by atoms with Crippen molar-refractivity contribution in [2.75, 3.05) is 6.54 Å². The first-order chi connectivity index (χ1) is 5.95. The summed E-state index contributed by atoms with van der Waals surface area (Å²) < 4.78 is 0. The van der Waals surface area contributed by atoms with E-state index in [-0.39, 0.29) is 0 Å². The van der Waals surface area contributed by atoms with Crippen molar-refractivity contribution in [3.8, 4) is 0 Å². The molecule has 3 rings (SSSR count). The van der Waals surface area contributed by atoms with Crippen molar-refractivity contribution in [2.45, 2.75) is 31.3 Å². The number of fused-ring (bicyclic) bond motifs is 1. The second-order valence-electron chi connectivity index (χ2n) is 3.91. The van der Waals surface area contributed by atoms with E-state index in [1.165, 1.54) is 31.5 Å². The monoisotopic (exact) mass is 162 g/mol. The number of H-pyrrole nitrogens is 1. The minimum atomic E-state index is 0.715. The third kappa shape index (κ3) is 0.787. The highest BCUT2D eigenvalue weighted by molar-refractivity contribution is 5.15. The maximum absolute atomic E-state index is 3.31. The third-order valence-electron chi connectivity index (χ3n) is 3.30. The number of hydrogen-bond donors (Lipinski definition) is 1. The highest BCUT2D eigenvalue weighted by atomic mass is 15.3. The molecule has 2 aliphatic heterocycles. The van der Waals surface area contributed by atoms with E-state index in [2.05, 4.69) is 22.0 Å². The number of rotatable bonds is 1. The molecular weight excluding hydrogens is 148 g/mol. The molecule has 0 radical (unpaired) electrons. The van der Waals surface area contributed by atoms with Gasteiger partial charge in [0.2, 0.25) is 0 Å². The number of aromatic amines is 1. The van der Waals surface area contributed by atoms with Crippen LogP contribution in [0.25, 0.3) is 0 Å². The average molecular weight is 162 g/mol. The van der Waals surface area contributed by atoms with E-state index in [9.17, 15) is 0 Å². The minimum absolute atomic E-state index is 0.715. The molecule has 0 amide bonds. The van der Waals surface area contributed by atoms with Crippen molar-refractivity contribution in [1.29, 1.82) is 0 Å². The molecule has 64 valence electrons. The van der Waals surface area contributed by atoms with Gasteiger partial charge in [0.25, 0.3) is 0 Å². The van der Waals surface area contributed by atoms with Gasteiger partial charge >= 0.3 is 0 Å². The van der Waals surface area contributed by atoms with Gasteiger partial charge in [-0.15, -0.1) is 0 Å². The molecule has 0 bridgehead atoms. The van der Waals surface area contributed by atoms with Crippen LogP contribution in [0.1, 0.15) is 31.0 Å². The number of aromatic nitrogens is 1. The summed E-state index contributed by atoms with van der Waals surface area (Å²) >= 11 is 0. The summed E-state index contributed by atoms with van der Waals surface area (Å²) in [6.45, 7) is 1.31. The molecule has 2 fully saturated rings. The summed E-state index contributed by atoms with van der Waals surface area (Å²) in [4.78, 5) is 5.94. The predicted octanol–water partition coefficient (Wildman–Crippen LogP) is 1.92. The lowest BCUT2D eigenvalue weighted by molar-refractivity contribution is 0.0515. The van der Waals surface area contributed by atoms with Crippen molar-refractivity contribution in [3.63, 3.8) is 0 Å². The topological polar surface area (TPSA) is 19.0 Å². The van der Waals surface area contributed by atoms with Crippen molar-refractivity contribution in [1.82, 2.24) is 9.88 Å². The van der Waals surface area contributed by atoms with Crippen LogP contribution in [0.15, 0.2) is 18.3 Å². The lowest BCUT2D eigenvalue weighted by Gasteiger charge is -2.43. The van der Waals surface area contributed by atoms with Gasteiger partial charge in [-0.3, -0.25) is 4.90 Å². The molecule has 2 aliphatic rings. The molecule has 2 atom stereocenters. The molecule has 2 nitrogen and oxygen atoms in total. The molecule has 2 unspecified atom stereocenters. The molecule has 1 N–H and O–H groups in total. The van der Waals surface area contributed by atoms with Crippen LogP contribution in [0.4, 0.5) is 0 Å². The summed E-state index contributed by atoms with van der Waals surface area (Å²) in [7, 11) is 0. The maximum atomic E-state index is 3.31. The first-order valence-electron chi connectivity index (χ1n) is 4.84. The summed E-state index contributed by atoms with van der Waals surface area (Å²) in [6, 6.07) is 5.93. The molecule has 0 aromatic carbocycles. The van der Waals surface area contributed by atoms with E-state index in [1.54, 1.807) is 0 Å². The van der Waals surface area contributed by atoms with Crippen molar-refractivity contribution in [2.24, 2.45) is 0 Å². The van der Waals surface area contributed by atoms with Gasteiger partial charge in [-0.1, -0.05) is 0 Å². The molecular formula is C10H14N2. The highest BCUT2D eigenvalue weighted by Gasteiger charge is 2.42. The number of nitrogens with one attached hydrogen (secondary N) is 1. The molecule has 0 spiro atoms. The first-order valence-corrected chi connectivity index (χ1v) is 4.84. The summed E-state index contributed by atoms with van der Waals surface area (Å²) in [5.41, 5.74) is 1.41. The SMILES string of the molecule is c1c[nH]c(C2CC3CCCN32)c1. The zero-order valence-corrected chi connectivity index (χ0v) is 7.16. The van der Waals surface area contributed by atoms with Crippen LogP contribution in [0.5, 0.6) is 0 Å². The van der Waals surface area contributed by atoms with Gasteiger partial charge in [-0.25, -0.2) is 0 Å². The molecule has 1 aromatic heterocycles. The molecule has 2 saturated heterocycles. The maximum Gasteiger partial charge on any atom is 0.0516 e. The standard InChI is InChI=1S/C10H14N2/c1-4-9(11-5-1)10-7-8-3-2-6-12(8)10/h1,4-5,8,10-11H,2-3,6-7H2. The quantitative estimate of drug-likeness (QED) is 0.668. The average Bonchev–Trinajstić information content (AvgIpc) is 2.62. The van der Waals surface area contributed by atoms with Gasteiger partial charge in [-0.2, -0.15) is 0 Å². The van der Waals surface area contributed by atoms with Gasteiger partial charge in [-0.05, 0) is 37.9 Å². The third-order valence-corrected chi connectivity index (χ3v) is 3.30. The van der Waals surface area contributed by atoms with Crippen LogP contribution >= 0.6 is 0 Å². The zero-order valence-electron chi connectivity index (χ0n) is 7.16. The lowest BCUT2D eigenvalue weighted by Crippen LogP contribution is -2.45. The van der Waals surface area contributed by atoms with Gasteiger partial charge in [0.1, 0.15) is 0 Å². The Morgan fingerprint density at radius 1 is 1.50 bits per heavy atom. The Balaban J connectivity index is 1.81. The fourth-order valence-electron chi connectivity index (χ4n) is 2.63. The molecule has 3 heterocycles. The van der Waals surface area contributed by atoms with Crippen molar-refractivity contribution in [3.05, 3.63) is 24.0 Å². The number of hydrogen-bond acceptors (Lipinski definition) is 1. The van der Waals surface area contributed by atoms with E-state index in [0.29, 0.717) is 6.04 Å². The Labute approximate surface area is 72.6 Å². The minimum Gasteiger partial charge on any atom is -0.364 e. The zero-order chi connectivity index (χ0) is 7.97. The fraction of sp³-hybridized carbons (Fsp3) is 0.600. The second kappa shape index (κ2) is 2.36. The predicted molar refractivity (Wildman–Crippen MR) is 47.9 cm³/mol. The van der Waals surface area contributed by atoms with Gasteiger partial charge in [0.15, 0.2) is 0 Å². The van der Waals surface area contributed by atoms with Crippen molar-refractivity contribution < 1.29 is 0 Å². The number of nitrogens with zero attached hydrogens (tertiary/aromatic N) is 1. The molecule has 2 heteroatoms. The van der Waals surface area contributed by atoms with Crippen LogP contribution in [0.3, 0.4) is 0 Å². The Morgan fingerprint density at radius 2 is 2.50 bits per heavy atom. The first kappa shape index (κ1) is 6.72. The summed E-state index contributed by atoms with van der Waals surface area (Å²) in [5, 5.41) is 0. The Morgan fingerprint density at radius 3 is 3.25 bits per heavy atom. The highest BCUT2D eigenvalue weighted by Crippen LogP contribution is 2.43. The molecule has 0 saturated carbocycles. The molecule has 12 heavy (non-hydrogen) atoms. The Hall–Kier alpha value is -0.760. The van der Waals surface area contributed by atoms with Crippen LogP contribution in [0.2, 0.25) is 0 Å². The second-order valence-corrected chi connectivity index (χ2v) is 3.91. The van der Waals surface area contributed by atoms with Crippen LogP contribution in [-0.4, -0.2) is 22.5 Å². The fourth-order valence-corrected chi connectivity index (χ4v) is 2.63. The van der Waals surface area contributed by atoms with Crippen LogP contribution < -0.4 is 0 Å². The van der Waals surface area contributed by atoms with Crippen molar-refractivity contribution >= 4 is 0 Å². The lowest BCUT2D eigenvalue weighted by atomic mass is 9.92. The van der Waals surface area contributed by atoms with E-state index < -0.39 is 0 Å². The Kier molecular flexibility index (Phi) is 1.32. The molecule has 0 aliphatic carbocycles. The summed E-state index contributed by atoms with van der Waals surface area (Å²) in [6.07, 6.45) is 6.23. The van der Waals surface area contributed by atoms with Crippen LogP contribution in [-0.2, 0) is 0 Å².